The van der Waals surface area contributed by atoms with Crippen molar-refractivity contribution in [1.29, 1.82) is 0 Å². The van der Waals surface area contributed by atoms with E-state index in [1.165, 1.54) is 23.3 Å². The Morgan fingerprint density at radius 2 is 2.24 bits per heavy atom. The maximum Gasteiger partial charge on any atom is 0.0111 e. The van der Waals surface area contributed by atoms with E-state index >= 15 is 0 Å². The van der Waals surface area contributed by atoms with Crippen LogP contribution in [0.4, 0.5) is 0 Å². The molecule has 2 aromatic rings. The summed E-state index contributed by atoms with van der Waals surface area (Å²) in [7, 11) is 0. The molecule has 0 fully saturated rings. The summed E-state index contributed by atoms with van der Waals surface area (Å²) < 4.78 is 0. The van der Waals surface area contributed by atoms with E-state index in [1.807, 2.05) is 11.3 Å². The molecule has 0 amide bonds. The Bertz CT molecular complexity index is 392. The highest BCUT2D eigenvalue weighted by atomic mass is 32.1. The third kappa shape index (κ3) is 4.26. The molecule has 0 aliphatic heterocycles. The molecule has 0 aliphatic rings. The molecule has 0 radical (unpaired) electrons. The van der Waals surface area contributed by atoms with Gasteiger partial charge in [-0.2, -0.15) is 11.3 Å². The Hall–Kier alpha value is -0.640. The van der Waals surface area contributed by atoms with Gasteiger partial charge in [0.2, 0.25) is 0 Å². The van der Waals surface area contributed by atoms with Crippen LogP contribution in [-0.4, -0.2) is 12.6 Å². The minimum absolute atomic E-state index is 0.608. The molecule has 92 valence electrons. The molecule has 0 saturated carbocycles. The van der Waals surface area contributed by atoms with Crippen LogP contribution in [0.15, 0.2) is 34.3 Å². The van der Waals surface area contributed by atoms with Crippen molar-refractivity contribution in [1.82, 2.24) is 5.32 Å². The first-order valence-corrected chi connectivity index (χ1v) is 7.97. The van der Waals surface area contributed by atoms with E-state index < -0.39 is 0 Å². The van der Waals surface area contributed by atoms with E-state index in [4.69, 9.17) is 0 Å². The molecule has 2 aromatic heterocycles. The normalized spacial score (nSPS) is 12.8. The van der Waals surface area contributed by atoms with E-state index in [2.05, 4.69) is 46.6 Å². The molecule has 1 nitrogen and oxygen atoms in total. The highest BCUT2D eigenvalue weighted by molar-refractivity contribution is 7.09. The number of thiophene rings is 2. The van der Waals surface area contributed by atoms with E-state index in [0.717, 1.165) is 13.0 Å². The van der Waals surface area contributed by atoms with Crippen LogP contribution in [0, 0.1) is 0 Å². The first-order valence-electron chi connectivity index (χ1n) is 6.15. The number of hydrogen-bond acceptors (Lipinski definition) is 3. The fraction of sp³-hybridized carbons (Fsp3) is 0.429. The highest BCUT2D eigenvalue weighted by Gasteiger charge is 2.09. The van der Waals surface area contributed by atoms with Gasteiger partial charge in [-0.25, -0.2) is 0 Å². The topological polar surface area (TPSA) is 12.0 Å². The SMILES string of the molecule is CCNC(CCc1cccs1)Cc1ccsc1. The third-order valence-corrected chi connectivity index (χ3v) is 4.54. The molecule has 0 saturated heterocycles. The molecule has 0 aliphatic carbocycles. The lowest BCUT2D eigenvalue weighted by molar-refractivity contribution is 0.493. The average Bonchev–Trinajstić information content (AvgIpc) is 2.99. The number of hydrogen-bond donors (Lipinski definition) is 1. The monoisotopic (exact) mass is 265 g/mol. The van der Waals surface area contributed by atoms with Gasteiger partial charge in [-0.05, 0) is 59.6 Å². The summed E-state index contributed by atoms with van der Waals surface area (Å²) >= 11 is 3.66. The molecule has 1 unspecified atom stereocenters. The van der Waals surface area contributed by atoms with Crippen LogP contribution in [0.25, 0.3) is 0 Å². The van der Waals surface area contributed by atoms with Crippen molar-refractivity contribution in [2.75, 3.05) is 6.54 Å². The van der Waals surface area contributed by atoms with Crippen molar-refractivity contribution in [3.05, 3.63) is 44.8 Å². The molecule has 2 heterocycles. The third-order valence-electron chi connectivity index (χ3n) is 2.87. The Morgan fingerprint density at radius 3 is 2.88 bits per heavy atom. The molecular formula is C14H19NS2. The lowest BCUT2D eigenvalue weighted by atomic mass is 10.0. The zero-order valence-corrected chi connectivity index (χ0v) is 11.8. The van der Waals surface area contributed by atoms with Gasteiger partial charge < -0.3 is 5.32 Å². The first-order chi connectivity index (χ1) is 8.38. The number of aryl methyl sites for hydroxylation is 1. The second-order valence-corrected chi connectivity index (χ2v) is 6.02. The van der Waals surface area contributed by atoms with Gasteiger partial charge in [-0.1, -0.05) is 13.0 Å². The fourth-order valence-electron chi connectivity index (χ4n) is 2.03. The van der Waals surface area contributed by atoms with Gasteiger partial charge in [-0.15, -0.1) is 11.3 Å². The lowest BCUT2D eigenvalue weighted by Crippen LogP contribution is -2.31. The molecule has 3 heteroatoms. The summed E-state index contributed by atoms with van der Waals surface area (Å²) in [4.78, 5) is 1.50. The predicted molar refractivity (Wildman–Crippen MR) is 78.1 cm³/mol. The van der Waals surface area contributed by atoms with E-state index in [9.17, 15) is 0 Å². The van der Waals surface area contributed by atoms with Gasteiger partial charge in [-0.3, -0.25) is 0 Å². The molecule has 17 heavy (non-hydrogen) atoms. The molecule has 0 spiro atoms. The lowest BCUT2D eigenvalue weighted by Gasteiger charge is -2.16. The summed E-state index contributed by atoms with van der Waals surface area (Å²) in [5.41, 5.74) is 1.46. The summed E-state index contributed by atoms with van der Waals surface area (Å²) in [6.07, 6.45) is 3.58. The van der Waals surface area contributed by atoms with Crippen LogP contribution >= 0.6 is 22.7 Å². The van der Waals surface area contributed by atoms with E-state index in [0.29, 0.717) is 6.04 Å². The van der Waals surface area contributed by atoms with Crippen molar-refractivity contribution < 1.29 is 0 Å². The molecular weight excluding hydrogens is 246 g/mol. The number of nitrogens with one attached hydrogen (secondary N) is 1. The standard InChI is InChI=1S/C14H19NS2/c1-2-15-13(10-12-7-9-16-11-12)5-6-14-4-3-8-17-14/h3-4,7-9,11,13,15H,2,5-6,10H2,1H3. The fourth-order valence-corrected chi connectivity index (χ4v) is 3.44. The van der Waals surface area contributed by atoms with Crippen molar-refractivity contribution in [3.8, 4) is 0 Å². The van der Waals surface area contributed by atoms with Gasteiger partial charge in [0.1, 0.15) is 0 Å². The average molecular weight is 265 g/mol. The molecule has 2 rings (SSSR count). The maximum absolute atomic E-state index is 3.59. The van der Waals surface area contributed by atoms with Gasteiger partial charge in [0.15, 0.2) is 0 Å². The minimum Gasteiger partial charge on any atom is -0.314 e. The smallest absolute Gasteiger partial charge is 0.0111 e. The summed E-state index contributed by atoms with van der Waals surface area (Å²) in [5, 5.41) is 10.2. The van der Waals surface area contributed by atoms with Crippen LogP contribution in [0.1, 0.15) is 23.8 Å². The van der Waals surface area contributed by atoms with Crippen LogP contribution in [-0.2, 0) is 12.8 Å². The van der Waals surface area contributed by atoms with E-state index in [1.54, 1.807) is 11.3 Å². The van der Waals surface area contributed by atoms with Gasteiger partial charge >= 0.3 is 0 Å². The summed E-state index contributed by atoms with van der Waals surface area (Å²) in [6.45, 7) is 3.24. The van der Waals surface area contributed by atoms with Gasteiger partial charge in [0, 0.05) is 10.9 Å². The highest BCUT2D eigenvalue weighted by Crippen LogP contribution is 2.15. The zero-order chi connectivity index (χ0) is 11.9. The predicted octanol–water partition coefficient (Wildman–Crippen LogP) is 3.96. The summed E-state index contributed by atoms with van der Waals surface area (Å²) in [6, 6.07) is 7.22. The van der Waals surface area contributed by atoms with Crippen LogP contribution in [0.2, 0.25) is 0 Å². The van der Waals surface area contributed by atoms with Crippen molar-refractivity contribution in [2.24, 2.45) is 0 Å². The Labute approximate surface area is 112 Å². The Balaban J connectivity index is 1.84. The molecule has 1 atom stereocenters. The second-order valence-electron chi connectivity index (χ2n) is 4.21. The van der Waals surface area contributed by atoms with Crippen molar-refractivity contribution in [2.45, 2.75) is 32.2 Å². The molecule has 0 aromatic carbocycles. The van der Waals surface area contributed by atoms with E-state index in [-0.39, 0.29) is 0 Å². The van der Waals surface area contributed by atoms with Crippen LogP contribution < -0.4 is 5.32 Å². The Kier molecular flexibility index (Phi) is 5.23. The molecule has 0 bridgehead atoms. The van der Waals surface area contributed by atoms with Crippen molar-refractivity contribution in [3.63, 3.8) is 0 Å². The number of likely N-dealkylation sites (N-methyl/N-ethyl adjacent to an activating group) is 1. The first kappa shape index (κ1) is 12.8. The zero-order valence-electron chi connectivity index (χ0n) is 10.2. The van der Waals surface area contributed by atoms with Crippen LogP contribution in [0.3, 0.4) is 0 Å². The Morgan fingerprint density at radius 1 is 1.29 bits per heavy atom. The van der Waals surface area contributed by atoms with Gasteiger partial charge in [0.25, 0.3) is 0 Å². The van der Waals surface area contributed by atoms with Crippen LogP contribution in [0.5, 0.6) is 0 Å². The quantitative estimate of drug-likeness (QED) is 0.799. The largest absolute Gasteiger partial charge is 0.314 e. The molecule has 1 N–H and O–H groups in total. The second kappa shape index (κ2) is 6.94. The minimum atomic E-state index is 0.608. The summed E-state index contributed by atoms with van der Waals surface area (Å²) in [5.74, 6) is 0. The van der Waals surface area contributed by atoms with Crippen molar-refractivity contribution >= 4 is 22.7 Å². The maximum atomic E-state index is 3.59. The van der Waals surface area contributed by atoms with Gasteiger partial charge in [0.05, 0.1) is 0 Å². The number of rotatable bonds is 7.